The Balaban J connectivity index is 0.00000112. The maximum atomic E-state index is 10.9. The van der Waals surface area contributed by atoms with Crippen molar-refractivity contribution in [1.29, 1.82) is 0 Å². The van der Waals surface area contributed by atoms with Gasteiger partial charge in [0.1, 0.15) is 11.3 Å². The molecular formula is C10H11ClN2O2. The summed E-state index contributed by atoms with van der Waals surface area (Å²) in [6.45, 7) is 1.99. The van der Waals surface area contributed by atoms with Crippen LogP contribution in [0.2, 0.25) is 0 Å². The predicted octanol–water partition coefficient (Wildman–Crippen LogP) is 2.02. The van der Waals surface area contributed by atoms with Crippen molar-refractivity contribution in [3.63, 3.8) is 0 Å². The maximum Gasteiger partial charge on any atom is 0.352 e. The maximum absolute atomic E-state index is 10.9. The van der Waals surface area contributed by atoms with E-state index in [0.717, 1.165) is 12.1 Å². The van der Waals surface area contributed by atoms with Gasteiger partial charge in [0.2, 0.25) is 0 Å². The third-order valence-electron chi connectivity index (χ3n) is 2.12. The van der Waals surface area contributed by atoms with E-state index in [1.54, 1.807) is 28.8 Å². The third kappa shape index (κ3) is 1.94. The number of aromatic carboxylic acids is 1. The SMILES string of the molecule is CCc1cn2c(C(=O)O)cccc2n1.Cl. The van der Waals surface area contributed by atoms with E-state index < -0.39 is 5.97 Å². The van der Waals surface area contributed by atoms with Crippen molar-refractivity contribution in [2.45, 2.75) is 13.3 Å². The van der Waals surface area contributed by atoms with Crippen LogP contribution in [0.25, 0.3) is 5.65 Å². The number of pyridine rings is 1. The molecule has 0 radical (unpaired) electrons. The number of nitrogens with zero attached hydrogens (tertiary/aromatic N) is 2. The Hall–Kier alpha value is -1.55. The van der Waals surface area contributed by atoms with Gasteiger partial charge in [0, 0.05) is 6.20 Å². The van der Waals surface area contributed by atoms with Crippen molar-refractivity contribution in [2.75, 3.05) is 0 Å². The second-order valence-electron chi connectivity index (χ2n) is 3.03. The Kier molecular flexibility index (Phi) is 3.31. The Morgan fingerprint density at radius 1 is 1.53 bits per heavy atom. The minimum atomic E-state index is -0.935. The van der Waals surface area contributed by atoms with E-state index in [4.69, 9.17) is 5.11 Å². The molecule has 2 rings (SSSR count). The van der Waals surface area contributed by atoms with E-state index >= 15 is 0 Å². The summed E-state index contributed by atoms with van der Waals surface area (Å²) in [5, 5.41) is 8.92. The zero-order chi connectivity index (χ0) is 10.1. The molecule has 2 aromatic rings. The van der Waals surface area contributed by atoms with Crippen LogP contribution < -0.4 is 0 Å². The van der Waals surface area contributed by atoms with Gasteiger partial charge in [-0.3, -0.25) is 4.40 Å². The molecule has 0 aliphatic heterocycles. The van der Waals surface area contributed by atoms with Gasteiger partial charge in [-0.2, -0.15) is 0 Å². The first-order valence-corrected chi connectivity index (χ1v) is 4.42. The van der Waals surface area contributed by atoms with Gasteiger partial charge in [-0.25, -0.2) is 9.78 Å². The number of aryl methyl sites for hydroxylation is 1. The summed E-state index contributed by atoms with van der Waals surface area (Å²) < 4.78 is 1.60. The van der Waals surface area contributed by atoms with Crippen LogP contribution in [0.4, 0.5) is 0 Å². The molecular weight excluding hydrogens is 216 g/mol. The van der Waals surface area contributed by atoms with Gasteiger partial charge < -0.3 is 5.11 Å². The number of carbonyl (C=O) groups is 1. The van der Waals surface area contributed by atoms with Crippen molar-refractivity contribution in [1.82, 2.24) is 9.38 Å². The Bertz CT molecular complexity index is 493. The van der Waals surface area contributed by atoms with Crippen LogP contribution >= 0.6 is 12.4 Å². The van der Waals surface area contributed by atoms with Crippen molar-refractivity contribution < 1.29 is 9.90 Å². The molecule has 4 nitrogen and oxygen atoms in total. The molecule has 0 bridgehead atoms. The molecule has 0 saturated heterocycles. The highest BCUT2D eigenvalue weighted by Crippen LogP contribution is 2.09. The molecule has 0 amide bonds. The van der Waals surface area contributed by atoms with Crippen LogP contribution in [0.3, 0.4) is 0 Å². The van der Waals surface area contributed by atoms with E-state index in [9.17, 15) is 4.79 Å². The lowest BCUT2D eigenvalue weighted by molar-refractivity contribution is 0.0689. The lowest BCUT2D eigenvalue weighted by Crippen LogP contribution is -2.03. The fraction of sp³-hybridized carbons (Fsp3) is 0.200. The number of halogens is 1. The predicted molar refractivity (Wildman–Crippen MR) is 58.8 cm³/mol. The zero-order valence-electron chi connectivity index (χ0n) is 8.17. The topological polar surface area (TPSA) is 54.6 Å². The molecule has 0 fully saturated rings. The Labute approximate surface area is 93.0 Å². The highest BCUT2D eigenvalue weighted by atomic mass is 35.5. The van der Waals surface area contributed by atoms with Gasteiger partial charge in [-0.05, 0) is 18.6 Å². The molecule has 0 spiro atoms. The molecule has 0 saturated carbocycles. The van der Waals surface area contributed by atoms with Crippen LogP contribution in [0, 0.1) is 0 Å². The number of hydrogen-bond acceptors (Lipinski definition) is 2. The first-order valence-electron chi connectivity index (χ1n) is 4.42. The Morgan fingerprint density at radius 3 is 2.87 bits per heavy atom. The first-order chi connectivity index (χ1) is 6.72. The fourth-order valence-electron chi connectivity index (χ4n) is 1.41. The molecule has 80 valence electrons. The molecule has 2 aromatic heterocycles. The van der Waals surface area contributed by atoms with E-state index in [1.165, 1.54) is 0 Å². The van der Waals surface area contributed by atoms with Crippen molar-refractivity contribution in [2.24, 2.45) is 0 Å². The van der Waals surface area contributed by atoms with Gasteiger partial charge in [0.25, 0.3) is 0 Å². The van der Waals surface area contributed by atoms with Gasteiger partial charge in [-0.1, -0.05) is 13.0 Å². The highest BCUT2D eigenvalue weighted by molar-refractivity contribution is 5.86. The van der Waals surface area contributed by atoms with Gasteiger partial charge in [-0.15, -0.1) is 12.4 Å². The number of rotatable bonds is 2. The van der Waals surface area contributed by atoms with Crippen LogP contribution in [-0.2, 0) is 6.42 Å². The number of imidazole rings is 1. The molecule has 0 unspecified atom stereocenters. The van der Waals surface area contributed by atoms with E-state index in [1.807, 2.05) is 6.92 Å². The summed E-state index contributed by atoms with van der Waals surface area (Å²) in [5.74, 6) is -0.935. The third-order valence-corrected chi connectivity index (χ3v) is 2.12. The summed E-state index contributed by atoms with van der Waals surface area (Å²) in [6, 6.07) is 5.06. The molecule has 5 heteroatoms. The van der Waals surface area contributed by atoms with Gasteiger partial charge >= 0.3 is 5.97 Å². The Morgan fingerprint density at radius 2 is 2.27 bits per heavy atom. The summed E-state index contributed by atoms with van der Waals surface area (Å²) >= 11 is 0. The number of fused-ring (bicyclic) bond motifs is 1. The molecule has 0 aromatic carbocycles. The highest BCUT2D eigenvalue weighted by Gasteiger charge is 2.08. The van der Waals surface area contributed by atoms with Gasteiger partial charge in [0.05, 0.1) is 5.69 Å². The number of carboxylic acids is 1. The lowest BCUT2D eigenvalue weighted by Gasteiger charge is -1.97. The largest absolute Gasteiger partial charge is 0.477 e. The van der Waals surface area contributed by atoms with Crippen LogP contribution in [0.1, 0.15) is 23.1 Å². The normalized spacial score (nSPS) is 9.93. The minimum Gasteiger partial charge on any atom is -0.477 e. The number of aromatic nitrogens is 2. The molecule has 0 atom stereocenters. The van der Waals surface area contributed by atoms with E-state index in [2.05, 4.69) is 4.98 Å². The van der Waals surface area contributed by atoms with Crippen LogP contribution in [0.15, 0.2) is 24.4 Å². The summed E-state index contributed by atoms with van der Waals surface area (Å²) in [4.78, 5) is 15.1. The second kappa shape index (κ2) is 4.31. The number of carboxylic acid groups (broad SMARTS) is 1. The standard InChI is InChI=1S/C10H10N2O2.ClH/c1-2-7-6-12-8(10(13)14)4-3-5-9(12)11-7;/h3-6H,2H2,1H3,(H,13,14);1H. The average molecular weight is 227 g/mol. The first kappa shape index (κ1) is 11.5. The fourth-order valence-corrected chi connectivity index (χ4v) is 1.41. The van der Waals surface area contributed by atoms with Crippen molar-refractivity contribution in [3.05, 3.63) is 35.8 Å². The molecule has 2 heterocycles. The van der Waals surface area contributed by atoms with Crippen LogP contribution in [0.5, 0.6) is 0 Å². The quantitative estimate of drug-likeness (QED) is 0.853. The van der Waals surface area contributed by atoms with E-state index in [-0.39, 0.29) is 18.1 Å². The smallest absolute Gasteiger partial charge is 0.352 e. The average Bonchev–Trinajstić information content (AvgIpc) is 2.59. The summed E-state index contributed by atoms with van der Waals surface area (Å²) in [7, 11) is 0. The monoisotopic (exact) mass is 226 g/mol. The number of hydrogen-bond donors (Lipinski definition) is 1. The second-order valence-corrected chi connectivity index (χ2v) is 3.03. The van der Waals surface area contributed by atoms with Crippen LogP contribution in [-0.4, -0.2) is 20.5 Å². The summed E-state index contributed by atoms with van der Waals surface area (Å²) in [6.07, 6.45) is 2.57. The van der Waals surface area contributed by atoms with Crippen molar-refractivity contribution >= 4 is 24.0 Å². The molecule has 0 aliphatic rings. The molecule has 1 N–H and O–H groups in total. The molecule has 15 heavy (non-hydrogen) atoms. The molecule has 0 aliphatic carbocycles. The van der Waals surface area contributed by atoms with Crippen molar-refractivity contribution in [3.8, 4) is 0 Å². The minimum absolute atomic E-state index is 0. The van der Waals surface area contributed by atoms with Gasteiger partial charge in [0.15, 0.2) is 0 Å². The zero-order valence-corrected chi connectivity index (χ0v) is 8.99. The van der Waals surface area contributed by atoms with E-state index in [0.29, 0.717) is 5.65 Å². The summed E-state index contributed by atoms with van der Waals surface area (Å²) in [5.41, 5.74) is 1.83. The lowest BCUT2D eigenvalue weighted by atomic mass is 10.3.